The fourth-order valence-corrected chi connectivity index (χ4v) is 3.55. The third-order valence-electron chi connectivity index (χ3n) is 5.16. The molecular weight excluding hydrogens is 324 g/mol. The van der Waals surface area contributed by atoms with Crippen molar-refractivity contribution in [1.82, 2.24) is 10.2 Å². The number of likely N-dealkylation sites (tertiary alicyclic amines) is 1. The van der Waals surface area contributed by atoms with Gasteiger partial charge in [0.05, 0.1) is 0 Å². The van der Waals surface area contributed by atoms with Crippen molar-refractivity contribution in [2.24, 2.45) is 5.92 Å². The molecule has 0 bridgehead atoms. The molecule has 1 aliphatic heterocycles. The highest BCUT2D eigenvalue weighted by molar-refractivity contribution is 5.76. The minimum atomic E-state index is 0.132. The SMILES string of the molecule is CCCC(=O)NCC1CCCN(C(=O)CCCCc2ccc(C)cc2)C1. The maximum atomic E-state index is 12.5. The van der Waals surface area contributed by atoms with Crippen LogP contribution in [0.3, 0.4) is 0 Å². The Hall–Kier alpha value is -1.84. The highest BCUT2D eigenvalue weighted by Gasteiger charge is 2.23. The zero-order chi connectivity index (χ0) is 18.8. The second-order valence-electron chi connectivity index (χ2n) is 7.59. The van der Waals surface area contributed by atoms with E-state index < -0.39 is 0 Å². The number of amides is 2. The van der Waals surface area contributed by atoms with E-state index in [0.29, 0.717) is 25.3 Å². The molecular formula is C22H34N2O2. The largest absolute Gasteiger partial charge is 0.356 e. The Morgan fingerprint density at radius 1 is 1.15 bits per heavy atom. The Labute approximate surface area is 158 Å². The van der Waals surface area contributed by atoms with Crippen molar-refractivity contribution in [3.8, 4) is 0 Å². The van der Waals surface area contributed by atoms with Crippen LogP contribution in [0.4, 0.5) is 0 Å². The van der Waals surface area contributed by atoms with Crippen molar-refractivity contribution in [2.75, 3.05) is 19.6 Å². The summed E-state index contributed by atoms with van der Waals surface area (Å²) in [7, 11) is 0. The molecule has 0 radical (unpaired) electrons. The van der Waals surface area contributed by atoms with Crippen LogP contribution in [0.2, 0.25) is 0 Å². The lowest BCUT2D eigenvalue weighted by Crippen LogP contribution is -2.43. The van der Waals surface area contributed by atoms with Gasteiger partial charge in [-0.05, 0) is 56.9 Å². The molecule has 2 amide bonds. The molecule has 4 heteroatoms. The molecule has 1 N–H and O–H groups in total. The molecule has 144 valence electrons. The Balaban J connectivity index is 1.64. The van der Waals surface area contributed by atoms with E-state index in [9.17, 15) is 9.59 Å². The number of benzene rings is 1. The number of piperidine rings is 1. The number of hydrogen-bond acceptors (Lipinski definition) is 2. The van der Waals surface area contributed by atoms with Gasteiger partial charge in [0.25, 0.3) is 0 Å². The predicted octanol–water partition coefficient (Wildman–Crippen LogP) is 3.86. The molecule has 4 nitrogen and oxygen atoms in total. The Kier molecular flexibility index (Phi) is 8.66. The number of nitrogens with zero attached hydrogens (tertiary/aromatic N) is 1. The standard InChI is InChI=1S/C22H34N2O2/c1-3-7-21(25)23-16-20-9-6-15-24(17-20)22(26)10-5-4-8-19-13-11-18(2)12-14-19/h11-14,20H,3-10,15-17H2,1-2H3,(H,23,25). The lowest BCUT2D eigenvalue weighted by molar-refractivity contribution is -0.133. The highest BCUT2D eigenvalue weighted by Crippen LogP contribution is 2.18. The first-order valence-electron chi connectivity index (χ1n) is 10.2. The smallest absolute Gasteiger partial charge is 0.222 e. The maximum absolute atomic E-state index is 12.5. The normalized spacial score (nSPS) is 17.2. The summed E-state index contributed by atoms with van der Waals surface area (Å²) in [5.41, 5.74) is 2.64. The predicted molar refractivity (Wildman–Crippen MR) is 106 cm³/mol. The summed E-state index contributed by atoms with van der Waals surface area (Å²) >= 11 is 0. The van der Waals surface area contributed by atoms with Gasteiger partial charge in [0, 0.05) is 32.5 Å². The van der Waals surface area contributed by atoms with Crippen LogP contribution < -0.4 is 5.32 Å². The summed E-state index contributed by atoms with van der Waals surface area (Å²) < 4.78 is 0. The van der Waals surface area contributed by atoms with Crippen LogP contribution in [0.25, 0.3) is 0 Å². The van der Waals surface area contributed by atoms with E-state index in [4.69, 9.17) is 0 Å². The molecule has 1 aromatic rings. The number of unbranched alkanes of at least 4 members (excludes halogenated alkanes) is 1. The average Bonchev–Trinajstić information content (AvgIpc) is 2.65. The monoisotopic (exact) mass is 358 g/mol. The number of aryl methyl sites for hydroxylation is 2. The summed E-state index contributed by atoms with van der Waals surface area (Å²) in [5, 5.41) is 3.01. The fraction of sp³-hybridized carbons (Fsp3) is 0.636. The maximum Gasteiger partial charge on any atom is 0.222 e. The van der Waals surface area contributed by atoms with Gasteiger partial charge in [-0.3, -0.25) is 9.59 Å². The zero-order valence-corrected chi connectivity index (χ0v) is 16.4. The van der Waals surface area contributed by atoms with E-state index in [1.54, 1.807) is 0 Å². The molecule has 1 saturated heterocycles. The van der Waals surface area contributed by atoms with Crippen molar-refractivity contribution >= 4 is 11.8 Å². The number of nitrogens with one attached hydrogen (secondary N) is 1. The van der Waals surface area contributed by atoms with Crippen molar-refractivity contribution < 1.29 is 9.59 Å². The van der Waals surface area contributed by atoms with Crippen LogP contribution in [0.1, 0.15) is 63.0 Å². The first kappa shape index (κ1) is 20.5. The summed E-state index contributed by atoms with van der Waals surface area (Å²) in [4.78, 5) is 26.1. The summed E-state index contributed by atoms with van der Waals surface area (Å²) in [5.74, 6) is 0.812. The van der Waals surface area contributed by atoms with Gasteiger partial charge in [0.1, 0.15) is 0 Å². The van der Waals surface area contributed by atoms with Gasteiger partial charge in [-0.2, -0.15) is 0 Å². The van der Waals surface area contributed by atoms with E-state index in [-0.39, 0.29) is 11.8 Å². The second kappa shape index (κ2) is 11.0. The molecule has 1 atom stereocenters. The first-order valence-corrected chi connectivity index (χ1v) is 10.2. The third-order valence-corrected chi connectivity index (χ3v) is 5.16. The van der Waals surface area contributed by atoms with Gasteiger partial charge in [0.15, 0.2) is 0 Å². The van der Waals surface area contributed by atoms with E-state index in [1.165, 1.54) is 11.1 Å². The second-order valence-corrected chi connectivity index (χ2v) is 7.59. The van der Waals surface area contributed by atoms with Gasteiger partial charge in [-0.25, -0.2) is 0 Å². The molecule has 2 rings (SSSR count). The van der Waals surface area contributed by atoms with Crippen LogP contribution in [-0.2, 0) is 16.0 Å². The van der Waals surface area contributed by atoms with E-state index in [0.717, 1.165) is 51.6 Å². The fourth-order valence-electron chi connectivity index (χ4n) is 3.55. The third kappa shape index (κ3) is 7.19. The average molecular weight is 359 g/mol. The Morgan fingerprint density at radius 3 is 2.65 bits per heavy atom. The van der Waals surface area contributed by atoms with Crippen LogP contribution >= 0.6 is 0 Å². The molecule has 0 spiro atoms. The van der Waals surface area contributed by atoms with Gasteiger partial charge in [-0.15, -0.1) is 0 Å². The molecule has 1 unspecified atom stereocenters. The number of hydrogen-bond donors (Lipinski definition) is 1. The number of carbonyl (C=O) groups is 2. The summed E-state index contributed by atoms with van der Waals surface area (Å²) in [6.07, 6.45) is 7.30. The van der Waals surface area contributed by atoms with Crippen LogP contribution in [0, 0.1) is 12.8 Å². The van der Waals surface area contributed by atoms with Crippen molar-refractivity contribution in [1.29, 1.82) is 0 Å². The summed E-state index contributed by atoms with van der Waals surface area (Å²) in [6, 6.07) is 8.65. The van der Waals surface area contributed by atoms with Gasteiger partial charge in [0.2, 0.25) is 11.8 Å². The van der Waals surface area contributed by atoms with Crippen molar-refractivity contribution in [3.05, 3.63) is 35.4 Å². The molecule has 0 aromatic heterocycles. The zero-order valence-electron chi connectivity index (χ0n) is 16.4. The van der Waals surface area contributed by atoms with E-state index in [2.05, 4.69) is 36.5 Å². The van der Waals surface area contributed by atoms with E-state index in [1.807, 2.05) is 11.8 Å². The minimum Gasteiger partial charge on any atom is -0.356 e. The molecule has 0 aliphatic carbocycles. The van der Waals surface area contributed by atoms with Gasteiger partial charge in [-0.1, -0.05) is 36.8 Å². The molecule has 0 saturated carbocycles. The molecule has 1 fully saturated rings. The topological polar surface area (TPSA) is 49.4 Å². The highest BCUT2D eigenvalue weighted by atomic mass is 16.2. The Morgan fingerprint density at radius 2 is 1.92 bits per heavy atom. The summed E-state index contributed by atoms with van der Waals surface area (Å²) in [6.45, 7) is 6.48. The molecule has 26 heavy (non-hydrogen) atoms. The van der Waals surface area contributed by atoms with Crippen molar-refractivity contribution in [3.63, 3.8) is 0 Å². The molecule has 1 aliphatic rings. The first-order chi connectivity index (χ1) is 12.6. The lowest BCUT2D eigenvalue weighted by Gasteiger charge is -2.33. The lowest BCUT2D eigenvalue weighted by atomic mass is 9.97. The van der Waals surface area contributed by atoms with Crippen LogP contribution in [0.15, 0.2) is 24.3 Å². The van der Waals surface area contributed by atoms with E-state index >= 15 is 0 Å². The Bertz CT molecular complexity index is 568. The minimum absolute atomic E-state index is 0.132. The van der Waals surface area contributed by atoms with Gasteiger partial charge < -0.3 is 10.2 Å². The quantitative estimate of drug-likeness (QED) is 0.682. The van der Waals surface area contributed by atoms with Crippen LogP contribution in [0.5, 0.6) is 0 Å². The van der Waals surface area contributed by atoms with Crippen molar-refractivity contribution in [2.45, 2.75) is 65.2 Å². The molecule has 1 aromatic carbocycles. The van der Waals surface area contributed by atoms with Gasteiger partial charge >= 0.3 is 0 Å². The number of rotatable bonds is 9. The number of carbonyl (C=O) groups excluding carboxylic acids is 2. The van der Waals surface area contributed by atoms with Crippen LogP contribution in [-0.4, -0.2) is 36.3 Å². The molecule has 1 heterocycles.